The summed E-state index contributed by atoms with van der Waals surface area (Å²) in [6.07, 6.45) is 0. The number of benzene rings is 2. The SMILES string of the molecule is CCOc1ccccc1OCC(=O)NNC(=O)CSCc1cccc(Cl)c1. The molecule has 144 valence electrons. The number of thioether (sulfide) groups is 1. The molecule has 0 fully saturated rings. The smallest absolute Gasteiger partial charge is 0.276 e. The topological polar surface area (TPSA) is 76.7 Å². The summed E-state index contributed by atoms with van der Waals surface area (Å²) in [5, 5.41) is 0.663. The monoisotopic (exact) mass is 408 g/mol. The molecule has 0 aliphatic heterocycles. The summed E-state index contributed by atoms with van der Waals surface area (Å²) in [7, 11) is 0. The first-order valence-corrected chi connectivity index (χ1v) is 9.86. The highest BCUT2D eigenvalue weighted by Gasteiger charge is 2.09. The number of nitrogens with one attached hydrogen (secondary N) is 2. The van der Waals surface area contributed by atoms with Crippen LogP contribution in [0.15, 0.2) is 48.5 Å². The second kappa shape index (κ2) is 11.4. The zero-order valence-corrected chi connectivity index (χ0v) is 16.4. The minimum absolute atomic E-state index is 0.209. The molecule has 0 aliphatic rings. The van der Waals surface area contributed by atoms with E-state index >= 15 is 0 Å². The van der Waals surface area contributed by atoms with Gasteiger partial charge in [-0.1, -0.05) is 35.9 Å². The highest BCUT2D eigenvalue weighted by molar-refractivity contribution is 7.99. The van der Waals surface area contributed by atoms with Gasteiger partial charge in [0.1, 0.15) is 0 Å². The zero-order valence-electron chi connectivity index (χ0n) is 14.9. The number of halogens is 1. The predicted molar refractivity (Wildman–Crippen MR) is 107 cm³/mol. The Hall–Kier alpha value is -2.38. The summed E-state index contributed by atoms with van der Waals surface area (Å²) in [4.78, 5) is 23.6. The number of carbonyl (C=O) groups excluding carboxylic acids is 2. The Kier molecular flexibility index (Phi) is 8.80. The van der Waals surface area contributed by atoms with Crippen LogP contribution in [-0.4, -0.2) is 30.8 Å². The van der Waals surface area contributed by atoms with Gasteiger partial charge in [0, 0.05) is 10.8 Å². The van der Waals surface area contributed by atoms with Crippen molar-refractivity contribution in [2.75, 3.05) is 19.0 Å². The van der Waals surface area contributed by atoms with Gasteiger partial charge in [0.15, 0.2) is 18.1 Å². The number of hydrazine groups is 1. The van der Waals surface area contributed by atoms with Crippen molar-refractivity contribution < 1.29 is 19.1 Å². The molecule has 0 bridgehead atoms. The van der Waals surface area contributed by atoms with E-state index in [1.54, 1.807) is 24.3 Å². The first kappa shape index (κ1) is 20.9. The van der Waals surface area contributed by atoms with Crippen molar-refractivity contribution in [1.82, 2.24) is 10.9 Å². The maximum absolute atomic E-state index is 11.8. The van der Waals surface area contributed by atoms with E-state index < -0.39 is 5.91 Å². The molecule has 27 heavy (non-hydrogen) atoms. The highest BCUT2D eigenvalue weighted by atomic mass is 35.5. The van der Waals surface area contributed by atoms with Crippen molar-refractivity contribution >= 4 is 35.2 Å². The first-order valence-electron chi connectivity index (χ1n) is 8.33. The van der Waals surface area contributed by atoms with Crippen LogP contribution < -0.4 is 20.3 Å². The van der Waals surface area contributed by atoms with Gasteiger partial charge in [-0.05, 0) is 36.8 Å². The molecule has 2 rings (SSSR count). The molecule has 0 aliphatic carbocycles. The molecule has 0 spiro atoms. The van der Waals surface area contributed by atoms with Gasteiger partial charge >= 0.3 is 0 Å². The average Bonchev–Trinajstić information content (AvgIpc) is 2.66. The van der Waals surface area contributed by atoms with Crippen LogP contribution in [0, 0.1) is 0 Å². The fraction of sp³-hybridized carbons (Fsp3) is 0.263. The first-order chi connectivity index (χ1) is 13.1. The van der Waals surface area contributed by atoms with Crippen LogP contribution in [0.3, 0.4) is 0 Å². The second-order valence-electron chi connectivity index (χ2n) is 5.39. The van der Waals surface area contributed by atoms with E-state index in [0.29, 0.717) is 28.9 Å². The van der Waals surface area contributed by atoms with Crippen LogP contribution in [-0.2, 0) is 15.3 Å². The summed E-state index contributed by atoms with van der Waals surface area (Å²) in [6.45, 7) is 2.12. The molecule has 6 nitrogen and oxygen atoms in total. The van der Waals surface area contributed by atoms with Crippen LogP contribution in [0.25, 0.3) is 0 Å². The third-order valence-electron chi connectivity index (χ3n) is 3.24. The van der Waals surface area contributed by atoms with Crippen LogP contribution >= 0.6 is 23.4 Å². The van der Waals surface area contributed by atoms with Crippen molar-refractivity contribution in [3.8, 4) is 11.5 Å². The van der Waals surface area contributed by atoms with Gasteiger partial charge in [-0.3, -0.25) is 20.4 Å². The van der Waals surface area contributed by atoms with E-state index in [0.717, 1.165) is 5.56 Å². The number of carbonyl (C=O) groups is 2. The summed E-state index contributed by atoms with van der Waals surface area (Å²) < 4.78 is 10.8. The van der Waals surface area contributed by atoms with E-state index in [9.17, 15) is 9.59 Å². The number of hydrogen-bond donors (Lipinski definition) is 2. The summed E-state index contributed by atoms with van der Waals surface area (Å²) in [5.74, 6) is 1.13. The lowest BCUT2D eigenvalue weighted by Gasteiger charge is -2.12. The Labute approximate surface area is 167 Å². The van der Waals surface area contributed by atoms with Gasteiger partial charge < -0.3 is 9.47 Å². The minimum atomic E-state index is -0.463. The van der Waals surface area contributed by atoms with Crippen molar-refractivity contribution in [3.05, 3.63) is 59.1 Å². The van der Waals surface area contributed by atoms with Crippen molar-refractivity contribution in [2.45, 2.75) is 12.7 Å². The van der Waals surface area contributed by atoms with Crippen LogP contribution in [0.5, 0.6) is 11.5 Å². The lowest BCUT2D eigenvalue weighted by molar-refractivity contribution is -0.128. The molecule has 0 saturated carbocycles. The Morgan fingerprint density at radius 3 is 2.41 bits per heavy atom. The third kappa shape index (κ3) is 7.80. The normalized spacial score (nSPS) is 10.1. The van der Waals surface area contributed by atoms with Crippen molar-refractivity contribution in [3.63, 3.8) is 0 Å². The number of para-hydroxylation sites is 2. The third-order valence-corrected chi connectivity index (χ3v) is 4.48. The standard InChI is InChI=1S/C19H21ClN2O4S/c1-2-25-16-8-3-4-9-17(16)26-11-18(23)21-22-19(24)13-27-12-14-6-5-7-15(20)10-14/h3-10H,2,11-13H2,1H3,(H,21,23)(H,22,24). The summed E-state index contributed by atoms with van der Waals surface area (Å²) in [5.41, 5.74) is 5.72. The molecule has 2 aromatic rings. The zero-order chi connectivity index (χ0) is 19.5. The van der Waals surface area contributed by atoms with Gasteiger partial charge in [0.05, 0.1) is 12.4 Å². The summed E-state index contributed by atoms with van der Waals surface area (Å²) >= 11 is 7.34. The lowest BCUT2D eigenvalue weighted by Crippen LogP contribution is -2.44. The Balaban J connectivity index is 1.65. The van der Waals surface area contributed by atoms with Gasteiger partial charge in [-0.25, -0.2) is 0 Å². The van der Waals surface area contributed by atoms with E-state index in [4.69, 9.17) is 21.1 Å². The van der Waals surface area contributed by atoms with E-state index in [-0.39, 0.29) is 18.3 Å². The largest absolute Gasteiger partial charge is 0.490 e. The van der Waals surface area contributed by atoms with E-state index in [1.807, 2.05) is 31.2 Å². The molecule has 0 heterocycles. The summed E-state index contributed by atoms with van der Waals surface area (Å²) in [6, 6.07) is 14.5. The fourth-order valence-corrected chi connectivity index (χ4v) is 3.08. The Bertz CT molecular complexity index is 773. The molecule has 2 aromatic carbocycles. The molecule has 0 aromatic heterocycles. The van der Waals surface area contributed by atoms with Gasteiger partial charge in [-0.15, -0.1) is 11.8 Å². The molecule has 0 atom stereocenters. The number of ether oxygens (including phenoxy) is 2. The number of amides is 2. The van der Waals surface area contributed by atoms with Gasteiger partial charge in [-0.2, -0.15) is 0 Å². The number of rotatable bonds is 9. The van der Waals surface area contributed by atoms with Crippen LogP contribution in [0.1, 0.15) is 12.5 Å². The van der Waals surface area contributed by atoms with Gasteiger partial charge in [0.2, 0.25) is 5.91 Å². The molecular weight excluding hydrogens is 388 g/mol. The fourth-order valence-electron chi connectivity index (χ4n) is 2.09. The molecular formula is C19H21ClN2O4S. The molecule has 0 unspecified atom stereocenters. The minimum Gasteiger partial charge on any atom is -0.490 e. The van der Waals surface area contributed by atoms with Crippen molar-refractivity contribution in [1.29, 1.82) is 0 Å². The van der Waals surface area contributed by atoms with E-state index in [2.05, 4.69) is 10.9 Å². The maximum Gasteiger partial charge on any atom is 0.276 e. The highest BCUT2D eigenvalue weighted by Crippen LogP contribution is 2.26. The van der Waals surface area contributed by atoms with Crippen LogP contribution in [0.4, 0.5) is 0 Å². The molecule has 0 saturated heterocycles. The quantitative estimate of drug-likeness (QED) is 0.623. The molecule has 8 heteroatoms. The molecule has 0 radical (unpaired) electrons. The van der Waals surface area contributed by atoms with Crippen LogP contribution in [0.2, 0.25) is 5.02 Å². The van der Waals surface area contributed by atoms with Gasteiger partial charge in [0.25, 0.3) is 5.91 Å². The number of hydrogen-bond acceptors (Lipinski definition) is 5. The Morgan fingerprint density at radius 2 is 1.70 bits per heavy atom. The predicted octanol–water partition coefficient (Wildman–Crippen LogP) is 3.20. The lowest BCUT2D eigenvalue weighted by atomic mass is 10.2. The average molecular weight is 409 g/mol. The Morgan fingerprint density at radius 1 is 1.00 bits per heavy atom. The van der Waals surface area contributed by atoms with Crippen molar-refractivity contribution in [2.24, 2.45) is 0 Å². The second-order valence-corrected chi connectivity index (χ2v) is 6.81. The maximum atomic E-state index is 11.8. The molecule has 2 amide bonds. The van der Waals surface area contributed by atoms with E-state index in [1.165, 1.54) is 11.8 Å². The molecule has 2 N–H and O–H groups in total.